The van der Waals surface area contributed by atoms with Crippen LogP contribution in [0, 0.1) is 13.8 Å². The zero-order valence-corrected chi connectivity index (χ0v) is 19.7. The summed E-state index contributed by atoms with van der Waals surface area (Å²) in [5.41, 5.74) is 4.33. The van der Waals surface area contributed by atoms with Gasteiger partial charge in [0, 0.05) is 29.0 Å². The largest absolute Gasteiger partial charge is 0.326 e. The topological polar surface area (TPSA) is 101 Å². The standard InChI is InChI=1S/C24H22N4O3S2/c1-16-5-3-6-17(2)23(16)28-33(30,31)21-10-8-19(9-11-21)26-22(29)13-20-15-32-24(27-20)18-7-4-12-25-14-18/h3-12,14-15,28H,13H2,1-2H3,(H,26,29). The highest BCUT2D eigenvalue weighted by Crippen LogP contribution is 2.25. The molecule has 9 heteroatoms. The number of nitrogens with one attached hydrogen (secondary N) is 2. The van der Waals surface area contributed by atoms with Gasteiger partial charge in [0.25, 0.3) is 10.0 Å². The number of hydrogen-bond acceptors (Lipinski definition) is 6. The first kappa shape index (κ1) is 22.6. The van der Waals surface area contributed by atoms with Crippen LogP contribution in [0.1, 0.15) is 16.8 Å². The SMILES string of the molecule is Cc1cccc(C)c1NS(=O)(=O)c1ccc(NC(=O)Cc2csc(-c3cccnc3)n2)cc1. The van der Waals surface area contributed by atoms with Gasteiger partial charge in [0.2, 0.25) is 5.91 Å². The van der Waals surface area contributed by atoms with Gasteiger partial charge in [0.15, 0.2) is 0 Å². The van der Waals surface area contributed by atoms with Crippen LogP contribution in [-0.4, -0.2) is 24.3 Å². The van der Waals surface area contributed by atoms with Gasteiger partial charge in [-0.1, -0.05) is 18.2 Å². The van der Waals surface area contributed by atoms with E-state index in [0.29, 0.717) is 17.1 Å². The van der Waals surface area contributed by atoms with Crippen LogP contribution in [0.2, 0.25) is 0 Å². The summed E-state index contributed by atoms with van der Waals surface area (Å²) in [7, 11) is -3.75. The second kappa shape index (κ2) is 9.51. The molecule has 0 saturated heterocycles. The van der Waals surface area contributed by atoms with Gasteiger partial charge in [-0.25, -0.2) is 13.4 Å². The summed E-state index contributed by atoms with van der Waals surface area (Å²) in [5.74, 6) is -0.234. The number of benzene rings is 2. The van der Waals surface area contributed by atoms with Crippen LogP contribution < -0.4 is 10.0 Å². The number of pyridine rings is 1. The minimum absolute atomic E-state index is 0.115. The molecule has 2 heterocycles. The third kappa shape index (κ3) is 5.44. The molecule has 2 N–H and O–H groups in total. The molecule has 7 nitrogen and oxygen atoms in total. The molecular weight excluding hydrogens is 456 g/mol. The molecule has 0 aliphatic heterocycles. The Bertz CT molecular complexity index is 1360. The van der Waals surface area contributed by atoms with E-state index in [4.69, 9.17) is 0 Å². The molecule has 2 aromatic carbocycles. The number of aryl methyl sites for hydroxylation is 2. The lowest BCUT2D eigenvalue weighted by Crippen LogP contribution is -2.16. The summed E-state index contributed by atoms with van der Waals surface area (Å²) in [4.78, 5) is 21.1. The number of sulfonamides is 1. The number of carbonyl (C=O) groups is 1. The summed E-state index contributed by atoms with van der Waals surface area (Å²) in [5, 5.41) is 5.43. The second-order valence-electron chi connectivity index (χ2n) is 7.51. The third-order valence-electron chi connectivity index (χ3n) is 4.97. The number of carbonyl (C=O) groups excluding carboxylic acids is 1. The predicted octanol–water partition coefficient (Wildman–Crippen LogP) is 4.80. The van der Waals surface area contributed by atoms with Gasteiger partial charge in [0.1, 0.15) is 5.01 Å². The molecule has 0 atom stereocenters. The van der Waals surface area contributed by atoms with Crippen molar-refractivity contribution in [2.45, 2.75) is 25.2 Å². The van der Waals surface area contributed by atoms with E-state index in [1.807, 2.05) is 49.6 Å². The van der Waals surface area contributed by atoms with Gasteiger partial charge >= 0.3 is 0 Å². The zero-order valence-electron chi connectivity index (χ0n) is 18.1. The van der Waals surface area contributed by atoms with Gasteiger partial charge in [-0.15, -0.1) is 11.3 Å². The maximum atomic E-state index is 12.8. The highest BCUT2D eigenvalue weighted by molar-refractivity contribution is 7.92. The average Bonchev–Trinajstić information content (AvgIpc) is 3.26. The van der Waals surface area contributed by atoms with E-state index in [0.717, 1.165) is 21.7 Å². The quantitative estimate of drug-likeness (QED) is 0.397. The molecule has 4 rings (SSSR count). The van der Waals surface area contributed by atoms with Crippen molar-refractivity contribution in [1.82, 2.24) is 9.97 Å². The average molecular weight is 479 g/mol. The highest BCUT2D eigenvalue weighted by atomic mass is 32.2. The van der Waals surface area contributed by atoms with E-state index < -0.39 is 10.0 Å². The molecule has 0 unspecified atom stereocenters. The van der Waals surface area contributed by atoms with E-state index in [1.54, 1.807) is 24.5 Å². The molecular formula is C24H22N4O3S2. The third-order valence-corrected chi connectivity index (χ3v) is 7.27. The van der Waals surface area contributed by atoms with Crippen molar-refractivity contribution in [2.24, 2.45) is 0 Å². The summed E-state index contributed by atoms with van der Waals surface area (Å²) in [6, 6.07) is 15.4. The summed E-state index contributed by atoms with van der Waals surface area (Å²) in [6.07, 6.45) is 3.54. The van der Waals surface area contributed by atoms with Gasteiger partial charge in [-0.2, -0.15) is 0 Å². The minimum atomic E-state index is -3.75. The molecule has 1 amide bonds. The number of para-hydroxylation sites is 1. The lowest BCUT2D eigenvalue weighted by Gasteiger charge is -2.13. The monoisotopic (exact) mass is 478 g/mol. The Hall–Kier alpha value is -3.56. The Morgan fingerprint density at radius 2 is 1.73 bits per heavy atom. The van der Waals surface area contributed by atoms with Crippen LogP contribution in [0.15, 0.2) is 77.3 Å². The van der Waals surface area contributed by atoms with E-state index in [2.05, 4.69) is 20.0 Å². The summed E-state index contributed by atoms with van der Waals surface area (Å²) < 4.78 is 28.2. The Kier molecular flexibility index (Phi) is 6.52. The van der Waals surface area contributed by atoms with E-state index in [-0.39, 0.29) is 17.2 Å². The van der Waals surface area contributed by atoms with Crippen molar-refractivity contribution in [3.63, 3.8) is 0 Å². The van der Waals surface area contributed by atoms with Crippen molar-refractivity contribution in [1.29, 1.82) is 0 Å². The molecule has 0 bridgehead atoms. The normalized spacial score (nSPS) is 11.2. The lowest BCUT2D eigenvalue weighted by atomic mass is 10.1. The fourth-order valence-corrected chi connectivity index (χ4v) is 5.28. The van der Waals surface area contributed by atoms with Crippen molar-refractivity contribution in [3.05, 3.63) is 89.2 Å². The van der Waals surface area contributed by atoms with Crippen LogP contribution in [0.5, 0.6) is 0 Å². The van der Waals surface area contributed by atoms with Crippen LogP contribution in [0.4, 0.5) is 11.4 Å². The first-order chi connectivity index (χ1) is 15.8. The molecule has 168 valence electrons. The van der Waals surface area contributed by atoms with Crippen LogP contribution in [0.3, 0.4) is 0 Å². The lowest BCUT2D eigenvalue weighted by molar-refractivity contribution is -0.115. The Balaban J connectivity index is 1.40. The summed E-state index contributed by atoms with van der Waals surface area (Å²) in [6.45, 7) is 3.71. The van der Waals surface area contributed by atoms with Crippen molar-refractivity contribution in [3.8, 4) is 10.6 Å². The van der Waals surface area contributed by atoms with E-state index in [9.17, 15) is 13.2 Å². The second-order valence-corrected chi connectivity index (χ2v) is 10.0. The predicted molar refractivity (Wildman–Crippen MR) is 131 cm³/mol. The van der Waals surface area contributed by atoms with Crippen molar-refractivity contribution in [2.75, 3.05) is 10.0 Å². The van der Waals surface area contributed by atoms with Gasteiger partial charge < -0.3 is 5.32 Å². The maximum Gasteiger partial charge on any atom is 0.261 e. The first-order valence-corrected chi connectivity index (χ1v) is 12.5. The number of anilines is 2. The van der Waals surface area contributed by atoms with Crippen LogP contribution in [0.25, 0.3) is 10.6 Å². The molecule has 4 aromatic rings. The maximum absolute atomic E-state index is 12.8. The molecule has 33 heavy (non-hydrogen) atoms. The number of thiazole rings is 1. The molecule has 0 aliphatic rings. The molecule has 0 fully saturated rings. The van der Waals surface area contributed by atoms with Gasteiger partial charge in [-0.05, 0) is 61.4 Å². The Morgan fingerprint density at radius 3 is 2.39 bits per heavy atom. The zero-order chi connectivity index (χ0) is 23.4. The molecule has 0 radical (unpaired) electrons. The minimum Gasteiger partial charge on any atom is -0.326 e. The molecule has 2 aromatic heterocycles. The van der Waals surface area contributed by atoms with Crippen molar-refractivity contribution < 1.29 is 13.2 Å². The number of nitrogens with zero attached hydrogens (tertiary/aromatic N) is 2. The van der Waals surface area contributed by atoms with E-state index in [1.165, 1.54) is 23.5 Å². The van der Waals surface area contributed by atoms with Gasteiger partial charge in [0.05, 0.1) is 22.7 Å². The summed E-state index contributed by atoms with van der Waals surface area (Å²) >= 11 is 1.45. The molecule has 0 spiro atoms. The van der Waals surface area contributed by atoms with Crippen LogP contribution in [-0.2, 0) is 21.2 Å². The van der Waals surface area contributed by atoms with Gasteiger partial charge in [-0.3, -0.25) is 14.5 Å². The fourth-order valence-electron chi connectivity index (χ4n) is 3.27. The van der Waals surface area contributed by atoms with E-state index >= 15 is 0 Å². The fraction of sp³-hybridized carbons (Fsp3) is 0.125. The Morgan fingerprint density at radius 1 is 1.00 bits per heavy atom. The number of amides is 1. The smallest absolute Gasteiger partial charge is 0.261 e. The number of hydrogen-bond donors (Lipinski definition) is 2. The first-order valence-electron chi connectivity index (χ1n) is 10.2. The molecule has 0 saturated carbocycles. The number of aromatic nitrogens is 2. The number of rotatable bonds is 7. The van der Waals surface area contributed by atoms with Crippen LogP contribution >= 0.6 is 11.3 Å². The Labute approximate surface area is 196 Å². The highest BCUT2D eigenvalue weighted by Gasteiger charge is 2.17. The molecule has 0 aliphatic carbocycles. The van der Waals surface area contributed by atoms with Crippen molar-refractivity contribution >= 4 is 38.6 Å².